The molecule has 1 saturated heterocycles. The summed E-state index contributed by atoms with van der Waals surface area (Å²) in [6, 6.07) is 14.0. The number of hydrazine groups is 1. The van der Waals surface area contributed by atoms with Crippen LogP contribution in [0.5, 0.6) is 0 Å². The zero-order valence-electron chi connectivity index (χ0n) is 18.4. The second-order valence-electron chi connectivity index (χ2n) is 9.54. The van der Waals surface area contributed by atoms with Gasteiger partial charge in [-0.1, -0.05) is 30.2 Å². The molecule has 2 heterocycles. The molecule has 5 rings (SSSR count). The van der Waals surface area contributed by atoms with E-state index >= 15 is 0 Å². The van der Waals surface area contributed by atoms with E-state index in [9.17, 15) is 4.79 Å². The van der Waals surface area contributed by atoms with Gasteiger partial charge in [0.05, 0.1) is 5.69 Å². The van der Waals surface area contributed by atoms with E-state index in [0.717, 1.165) is 57.0 Å². The number of piperidine rings is 1. The maximum Gasteiger partial charge on any atom is 0.253 e. The monoisotopic (exact) mass is 437 g/mol. The summed E-state index contributed by atoms with van der Waals surface area (Å²) in [5.74, 6) is 1.60. The lowest BCUT2D eigenvalue weighted by Gasteiger charge is -2.40. The van der Waals surface area contributed by atoms with Gasteiger partial charge in [0.15, 0.2) is 0 Å². The van der Waals surface area contributed by atoms with Gasteiger partial charge in [-0.05, 0) is 85.9 Å². The lowest BCUT2D eigenvalue weighted by molar-refractivity contribution is 0.0660. The molecule has 2 aliphatic heterocycles. The van der Waals surface area contributed by atoms with Crippen molar-refractivity contribution < 1.29 is 4.79 Å². The number of likely N-dealkylation sites (tertiary alicyclic amines) is 1. The Hall–Kier alpha value is -2.04. The summed E-state index contributed by atoms with van der Waals surface area (Å²) < 4.78 is 0. The first-order valence-electron chi connectivity index (χ1n) is 11.7. The Morgan fingerprint density at radius 3 is 2.35 bits per heavy atom. The van der Waals surface area contributed by atoms with Crippen LogP contribution < -0.4 is 5.01 Å². The van der Waals surface area contributed by atoms with Crippen LogP contribution in [0.4, 0.5) is 5.69 Å². The van der Waals surface area contributed by atoms with Crippen molar-refractivity contribution in [3.8, 4) is 0 Å². The van der Waals surface area contributed by atoms with Crippen molar-refractivity contribution in [3.05, 3.63) is 64.2 Å². The predicted molar refractivity (Wildman–Crippen MR) is 126 cm³/mol. The van der Waals surface area contributed by atoms with Crippen molar-refractivity contribution in [1.82, 2.24) is 9.91 Å². The molecule has 2 aromatic rings. The normalized spacial score (nSPS) is 20.1. The highest BCUT2D eigenvalue weighted by molar-refractivity contribution is 6.30. The second kappa shape index (κ2) is 8.84. The number of anilines is 1. The van der Waals surface area contributed by atoms with Crippen LogP contribution in [0.15, 0.2) is 42.5 Å². The molecule has 1 aliphatic carbocycles. The number of aryl methyl sites for hydroxylation is 1. The quantitative estimate of drug-likeness (QED) is 0.614. The van der Waals surface area contributed by atoms with E-state index in [1.165, 1.54) is 36.1 Å². The predicted octanol–water partition coefficient (Wildman–Crippen LogP) is 5.54. The van der Waals surface area contributed by atoms with Crippen molar-refractivity contribution in [1.29, 1.82) is 0 Å². The first-order chi connectivity index (χ1) is 15.1. The summed E-state index contributed by atoms with van der Waals surface area (Å²) in [6.45, 7) is 7.20. The molecular formula is C26H32ClN3O. The van der Waals surface area contributed by atoms with Gasteiger partial charge in [-0.15, -0.1) is 0 Å². The van der Waals surface area contributed by atoms with E-state index in [1.54, 1.807) is 12.1 Å². The third-order valence-electron chi connectivity index (χ3n) is 7.46. The molecule has 0 unspecified atom stereocenters. The van der Waals surface area contributed by atoms with Gasteiger partial charge in [0, 0.05) is 43.3 Å². The van der Waals surface area contributed by atoms with Crippen LogP contribution in [0.2, 0.25) is 5.02 Å². The minimum Gasteiger partial charge on any atom is -0.339 e. The number of halogens is 1. The Balaban J connectivity index is 1.21. The van der Waals surface area contributed by atoms with E-state index in [2.05, 4.69) is 35.1 Å². The Bertz CT molecular complexity index is 932. The van der Waals surface area contributed by atoms with Crippen molar-refractivity contribution in [2.24, 2.45) is 11.8 Å². The average molecular weight is 438 g/mol. The zero-order chi connectivity index (χ0) is 21.4. The summed E-state index contributed by atoms with van der Waals surface area (Å²) in [5, 5.41) is 5.85. The van der Waals surface area contributed by atoms with Crippen LogP contribution in [0.1, 0.15) is 53.6 Å². The van der Waals surface area contributed by atoms with Gasteiger partial charge in [-0.2, -0.15) is 0 Å². The number of carbonyl (C=O) groups is 1. The summed E-state index contributed by atoms with van der Waals surface area (Å²) >= 11 is 5.97. The van der Waals surface area contributed by atoms with Crippen LogP contribution in [-0.2, 0) is 6.54 Å². The molecule has 1 amide bonds. The number of nitrogens with zero attached hydrogens (tertiary/aromatic N) is 3. The molecule has 0 radical (unpaired) electrons. The molecule has 31 heavy (non-hydrogen) atoms. The highest BCUT2D eigenvalue weighted by Crippen LogP contribution is 2.38. The molecule has 0 spiro atoms. The van der Waals surface area contributed by atoms with E-state index in [4.69, 9.17) is 11.6 Å². The summed E-state index contributed by atoms with van der Waals surface area (Å²) in [7, 11) is 0. The largest absolute Gasteiger partial charge is 0.339 e. The van der Waals surface area contributed by atoms with Crippen molar-refractivity contribution >= 4 is 23.2 Å². The highest BCUT2D eigenvalue weighted by Gasteiger charge is 2.34. The van der Waals surface area contributed by atoms with Crippen LogP contribution in [0.25, 0.3) is 0 Å². The van der Waals surface area contributed by atoms with Gasteiger partial charge in [-0.3, -0.25) is 4.79 Å². The van der Waals surface area contributed by atoms with Crippen LogP contribution in [0, 0.1) is 18.8 Å². The standard InChI is InChI=1S/C26H32ClN3O/c1-19-4-2-7-25-24(19)18-29(30(25)17-20-5-3-6-20)16-21-12-14-28(15-13-21)26(31)22-8-10-23(27)11-9-22/h2,4,7-11,20-21H,3,5-6,12-18H2,1H3. The molecule has 1 saturated carbocycles. The summed E-state index contributed by atoms with van der Waals surface area (Å²) in [4.78, 5) is 14.8. The molecule has 0 aromatic heterocycles. The number of carbonyl (C=O) groups excluding carboxylic acids is 1. The molecular weight excluding hydrogens is 406 g/mol. The highest BCUT2D eigenvalue weighted by atomic mass is 35.5. The van der Waals surface area contributed by atoms with Crippen molar-refractivity contribution in [2.75, 3.05) is 31.2 Å². The first-order valence-corrected chi connectivity index (χ1v) is 12.1. The number of fused-ring (bicyclic) bond motifs is 1. The number of hydrogen-bond acceptors (Lipinski definition) is 3. The summed E-state index contributed by atoms with van der Waals surface area (Å²) in [5.41, 5.74) is 5.06. The molecule has 5 heteroatoms. The minimum atomic E-state index is 0.130. The third-order valence-corrected chi connectivity index (χ3v) is 7.72. The minimum absolute atomic E-state index is 0.130. The van der Waals surface area contributed by atoms with Crippen LogP contribution in [-0.4, -0.2) is 42.0 Å². The van der Waals surface area contributed by atoms with Crippen LogP contribution >= 0.6 is 11.6 Å². The number of hydrogen-bond donors (Lipinski definition) is 0. The zero-order valence-corrected chi connectivity index (χ0v) is 19.2. The Kier molecular flexibility index (Phi) is 5.94. The molecule has 2 fully saturated rings. The maximum absolute atomic E-state index is 12.8. The molecule has 0 N–H and O–H groups in total. The summed E-state index contributed by atoms with van der Waals surface area (Å²) in [6.07, 6.45) is 6.28. The fourth-order valence-electron chi connectivity index (χ4n) is 5.24. The SMILES string of the molecule is Cc1cccc2c1CN(CC1CCN(C(=O)c3ccc(Cl)cc3)CC1)N2CC1CCC1. The fraction of sp³-hybridized carbons (Fsp3) is 0.500. The van der Waals surface area contributed by atoms with E-state index in [1.807, 2.05) is 17.0 Å². The molecule has 4 nitrogen and oxygen atoms in total. The molecule has 0 atom stereocenters. The topological polar surface area (TPSA) is 26.8 Å². The third kappa shape index (κ3) is 4.33. The Morgan fingerprint density at radius 2 is 1.68 bits per heavy atom. The van der Waals surface area contributed by atoms with Gasteiger partial charge in [0.1, 0.15) is 0 Å². The van der Waals surface area contributed by atoms with Crippen molar-refractivity contribution in [2.45, 2.75) is 45.6 Å². The smallest absolute Gasteiger partial charge is 0.253 e. The van der Waals surface area contributed by atoms with Gasteiger partial charge in [0.25, 0.3) is 5.91 Å². The fourth-order valence-corrected chi connectivity index (χ4v) is 5.37. The van der Waals surface area contributed by atoms with E-state index < -0.39 is 0 Å². The van der Waals surface area contributed by atoms with Crippen LogP contribution in [0.3, 0.4) is 0 Å². The van der Waals surface area contributed by atoms with E-state index in [-0.39, 0.29) is 5.91 Å². The van der Waals surface area contributed by atoms with Gasteiger partial charge >= 0.3 is 0 Å². The lowest BCUT2D eigenvalue weighted by Crippen LogP contribution is -2.47. The number of rotatable bonds is 5. The maximum atomic E-state index is 12.8. The Morgan fingerprint density at radius 1 is 0.968 bits per heavy atom. The first kappa shape index (κ1) is 20.8. The van der Waals surface area contributed by atoms with Gasteiger partial charge in [0.2, 0.25) is 0 Å². The number of amides is 1. The molecule has 164 valence electrons. The molecule has 2 aromatic carbocycles. The van der Waals surface area contributed by atoms with E-state index in [0.29, 0.717) is 10.9 Å². The lowest BCUT2D eigenvalue weighted by atomic mass is 9.85. The second-order valence-corrected chi connectivity index (χ2v) is 9.98. The van der Waals surface area contributed by atoms with Crippen molar-refractivity contribution in [3.63, 3.8) is 0 Å². The molecule has 0 bridgehead atoms. The molecule has 3 aliphatic rings. The average Bonchev–Trinajstić information content (AvgIpc) is 3.09. The number of benzene rings is 2. The van der Waals surface area contributed by atoms with Gasteiger partial charge in [-0.25, -0.2) is 5.01 Å². The Labute approximate surface area is 190 Å². The van der Waals surface area contributed by atoms with Gasteiger partial charge < -0.3 is 9.91 Å².